The van der Waals surface area contributed by atoms with E-state index < -0.39 is 0 Å². The van der Waals surface area contributed by atoms with Crippen molar-refractivity contribution in [2.45, 2.75) is 0 Å². The van der Waals surface area contributed by atoms with Crippen LogP contribution >= 0.6 is 0 Å². The Kier molecular flexibility index (Phi) is 6.90. The molecule has 11 aromatic rings. The van der Waals surface area contributed by atoms with Gasteiger partial charge in [0.05, 0.1) is 0 Å². The van der Waals surface area contributed by atoms with Crippen LogP contribution in [0.4, 0.5) is 0 Å². The zero-order chi connectivity index (χ0) is 35.6. The minimum atomic E-state index is 1.14. The standard InChI is InChI=1S/C52H32N2/c1-2-13-34(14-3-1)49-39-18-8-10-20-41(39)51(47-31-53-28-26-45(47)49)43-24-25-44(38-17-7-6-16-37(38)43)52-42-21-11-9-19-40(42)50(46-27-29-54-32-48(46)52)36-23-22-33-12-4-5-15-35(33)30-36/h1-32H. The summed E-state index contributed by atoms with van der Waals surface area (Å²) in [5.41, 5.74) is 9.70. The molecule has 11 rings (SSSR count). The van der Waals surface area contributed by atoms with Gasteiger partial charge in [-0.1, -0.05) is 152 Å². The molecule has 0 fully saturated rings. The number of nitrogens with zero attached hydrogens (tertiary/aromatic N) is 2. The molecule has 0 saturated carbocycles. The smallest absolute Gasteiger partial charge is 0.0353 e. The summed E-state index contributed by atoms with van der Waals surface area (Å²) < 4.78 is 0. The monoisotopic (exact) mass is 684 g/mol. The Balaban J connectivity index is 1.22. The summed E-state index contributed by atoms with van der Waals surface area (Å²) in [6.07, 6.45) is 7.94. The van der Waals surface area contributed by atoms with Crippen LogP contribution in [0, 0.1) is 0 Å². The Hall–Kier alpha value is -7.16. The van der Waals surface area contributed by atoms with Gasteiger partial charge in [-0.2, -0.15) is 0 Å². The molecule has 2 heteroatoms. The third-order valence-corrected chi connectivity index (χ3v) is 11.2. The predicted octanol–water partition coefficient (Wildman–Crippen LogP) is 14.1. The predicted molar refractivity (Wildman–Crippen MR) is 229 cm³/mol. The van der Waals surface area contributed by atoms with Crippen LogP contribution in [0.3, 0.4) is 0 Å². The number of rotatable bonds is 4. The minimum absolute atomic E-state index is 1.14. The molecule has 0 aliphatic heterocycles. The molecule has 0 bridgehead atoms. The van der Waals surface area contributed by atoms with E-state index in [2.05, 4.69) is 176 Å². The first-order valence-electron chi connectivity index (χ1n) is 18.5. The zero-order valence-electron chi connectivity index (χ0n) is 29.4. The third-order valence-electron chi connectivity index (χ3n) is 11.2. The number of pyridine rings is 2. The average molecular weight is 685 g/mol. The molecule has 0 N–H and O–H groups in total. The topological polar surface area (TPSA) is 25.8 Å². The zero-order valence-corrected chi connectivity index (χ0v) is 29.4. The summed E-state index contributed by atoms with van der Waals surface area (Å²) in [5, 5.41) is 14.5. The molecule has 0 spiro atoms. The maximum Gasteiger partial charge on any atom is 0.0353 e. The number of benzene rings is 9. The molecule has 0 amide bonds. The van der Waals surface area contributed by atoms with E-state index in [0.29, 0.717) is 0 Å². The Morgan fingerprint density at radius 3 is 1.24 bits per heavy atom. The van der Waals surface area contributed by atoms with E-state index in [4.69, 9.17) is 9.97 Å². The maximum atomic E-state index is 4.73. The van der Waals surface area contributed by atoms with E-state index >= 15 is 0 Å². The lowest BCUT2D eigenvalue weighted by Gasteiger charge is -2.21. The number of fused-ring (bicyclic) bond motifs is 6. The van der Waals surface area contributed by atoms with E-state index in [1.54, 1.807) is 0 Å². The summed E-state index contributed by atoms with van der Waals surface area (Å²) in [6.45, 7) is 0. The van der Waals surface area contributed by atoms with Crippen molar-refractivity contribution < 1.29 is 0 Å². The van der Waals surface area contributed by atoms with Gasteiger partial charge in [-0.3, -0.25) is 9.97 Å². The molecule has 0 saturated heterocycles. The highest BCUT2D eigenvalue weighted by molar-refractivity contribution is 6.27. The summed E-state index contributed by atoms with van der Waals surface area (Å²) in [6, 6.07) is 61.8. The molecule has 0 unspecified atom stereocenters. The molecule has 2 nitrogen and oxygen atoms in total. The highest BCUT2D eigenvalue weighted by atomic mass is 14.6. The second kappa shape index (κ2) is 12.2. The van der Waals surface area contributed by atoms with Gasteiger partial charge in [-0.15, -0.1) is 0 Å². The first-order chi connectivity index (χ1) is 26.8. The van der Waals surface area contributed by atoms with Crippen molar-refractivity contribution in [1.29, 1.82) is 0 Å². The molecule has 2 aromatic heterocycles. The molecule has 9 aromatic carbocycles. The summed E-state index contributed by atoms with van der Waals surface area (Å²) in [4.78, 5) is 9.43. The summed E-state index contributed by atoms with van der Waals surface area (Å²) >= 11 is 0. The van der Waals surface area contributed by atoms with Crippen LogP contribution in [0.15, 0.2) is 195 Å². The lowest BCUT2D eigenvalue weighted by molar-refractivity contribution is 1.37. The highest BCUT2D eigenvalue weighted by Gasteiger charge is 2.22. The van der Waals surface area contributed by atoms with Crippen molar-refractivity contribution >= 4 is 64.6 Å². The summed E-state index contributed by atoms with van der Waals surface area (Å²) in [5.74, 6) is 0. The van der Waals surface area contributed by atoms with Gasteiger partial charge >= 0.3 is 0 Å². The second-order valence-corrected chi connectivity index (χ2v) is 14.1. The number of aromatic nitrogens is 2. The molecule has 0 radical (unpaired) electrons. The van der Waals surface area contributed by atoms with Gasteiger partial charge in [0.15, 0.2) is 0 Å². The highest BCUT2D eigenvalue weighted by Crippen LogP contribution is 2.49. The van der Waals surface area contributed by atoms with Gasteiger partial charge in [0, 0.05) is 35.6 Å². The largest absolute Gasteiger partial charge is 0.264 e. The summed E-state index contributed by atoms with van der Waals surface area (Å²) in [7, 11) is 0. The van der Waals surface area contributed by atoms with E-state index in [-0.39, 0.29) is 0 Å². The van der Waals surface area contributed by atoms with Crippen LogP contribution in [-0.4, -0.2) is 9.97 Å². The Bertz CT molecular complexity index is 3160. The van der Waals surface area contributed by atoms with Crippen molar-refractivity contribution in [2.75, 3.05) is 0 Å². The fourth-order valence-corrected chi connectivity index (χ4v) is 8.93. The van der Waals surface area contributed by atoms with Gasteiger partial charge < -0.3 is 0 Å². The normalized spacial score (nSPS) is 11.7. The third kappa shape index (κ3) is 4.60. The van der Waals surface area contributed by atoms with E-state index in [1.807, 2.05) is 18.6 Å². The van der Waals surface area contributed by atoms with Crippen LogP contribution < -0.4 is 0 Å². The molecular formula is C52H32N2. The molecule has 250 valence electrons. The quantitative estimate of drug-likeness (QED) is 0.172. The van der Waals surface area contributed by atoms with Crippen LogP contribution in [0.1, 0.15) is 0 Å². The lowest BCUT2D eigenvalue weighted by atomic mass is 9.82. The minimum Gasteiger partial charge on any atom is -0.264 e. The molecule has 2 heterocycles. The Labute approximate surface area is 312 Å². The fourth-order valence-electron chi connectivity index (χ4n) is 8.93. The van der Waals surface area contributed by atoms with Crippen molar-refractivity contribution in [2.24, 2.45) is 0 Å². The van der Waals surface area contributed by atoms with E-state index in [0.717, 1.165) is 10.8 Å². The van der Waals surface area contributed by atoms with Crippen LogP contribution in [-0.2, 0) is 0 Å². The lowest BCUT2D eigenvalue weighted by Crippen LogP contribution is -1.94. The maximum absolute atomic E-state index is 4.73. The Morgan fingerprint density at radius 2 is 0.685 bits per heavy atom. The average Bonchev–Trinajstić information content (AvgIpc) is 3.24. The van der Waals surface area contributed by atoms with E-state index in [1.165, 1.54) is 98.4 Å². The van der Waals surface area contributed by atoms with Crippen molar-refractivity contribution in [3.05, 3.63) is 195 Å². The second-order valence-electron chi connectivity index (χ2n) is 14.1. The SMILES string of the molecule is c1ccc(-c2c3ccccc3c(-c3ccc(-c4c5ccccc5c(-c5ccc6ccccc6c5)c5ccncc45)c4ccccc34)c3cnccc23)cc1. The molecule has 0 aliphatic rings. The molecular weight excluding hydrogens is 653 g/mol. The van der Waals surface area contributed by atoms with Crippen molar-refractivity contribution in [3.8, 4) is 44.5 Å². The Morgan fingerprint density at radius 1 is 0.259 bits per heavy atom. The number of hydrogen-bond donors (Lipinski definition) is 0. The molecule has 54 heavy (non-hydrogen) atoms. The molecule has 0 aliphatic carbocycles. The molecule has 0 atom stereocenters. The van der Waals surface area contributed by atoms with Gasteiger partial charge in [0.2, 0.25) is 0 Å². The van der Waals surface area contributed by atoms with Crippen molar-refractivity contribution in [3.63, 3.8) is 0 Å². The first-order valence-corrected chi connectivity index (χ1v) is 18.5. The first kappa shape index (κ1) is 30.5. The van der Waals surface area contributed by atoms with Crippen LogP contribution in [0.25, 0.3) is 109 Å². The fraction of sp³-hybridized carbons (Fsp3) is 0. The van der Waals surface area contributed by atoms with Gasteiger partial charge in [-0.25, -0.2) is 0 Å². The van der Waals surface area contributed by atoms with Crippen LogP contribution in [0.5, 0.6) is 0 Å². The van der Waals surface area contributed by atoms with Crippen molar-refractivity contribution in [1.82, 2.24) is 9.97 Å². The van der Waals surface area contributed by atoms with Crippen LogP contribution in [0.2, 0.25) is 0 Å². The van der Waals surface area contributed by atoms with E-state index in [9.17, 15) is 0 Å². The number of hydrogen-bond acceptors (Lipinski definition) is 2. The van der Waals surface area contributed by atoms with Gasteiger partial charge in [-0.05, 0) is 117 Å². The van der Waals surface area contributed by atoms with Gasteiger partial charge in [0.25, 0.3) is 0 Å². The van der Waals surface area contributed by atoms with Gasteiger partial charge in [0.1, 0.15) is 0 Å².